The highest BCUT2D eigenvalue weighted by Crippen LogP contribution is 2.37. The van der Waals surface area contributed by atoms with Crippen LogP contribution >= 0.6 is 0 Å². The molecule has 2 N–H and O–H groups in total. The minimum Gasteiger partial charge on any atom is -0.321 e. The summed E-state index contributed by atoms with van der Waals surface area (Å²) >= 11 is 0. The molecule has 1 saturated heterocycles. The molecule has 0 aliphatic carbocycles. The minimum absolute atomic E-state index is 0.0752. The fraction of sp³-hybridized carbons (Fsp3) is 0.357. The lowest BCUT2D eigenvalue weighted by Gasteiger charge is -2.17. The Balaban J connectivity index is 2.13. The number of carbonyl (C=O) groups is 1. The van der Waals surface area contributed by atoms with E-state index in [1.54, 1.807) is 0 Å². The van der Waals surface area contributed by atoms with Gasteiger partial charge in [0.1, 0.15) is 0 Å². The number of rotatable bonds is 0. The van der Waals surface area contributed by atoms with Crippen molar-refractivity contribution in [1.29, 1.82) is 0 Å². The summed E-state index contributed by atoms with van der Waals surface area (Å²) in [6.45, 7) is 4.00. The Bertz CT molecular complexity index is 509. The molecule has 0 spiro atoms. The summed E-state index contributed by atoms with van der Waals surface area (Å²) in [5, 5.41) is 6.32. The van der Waals surface area contributed by atoms with Gasteiger partial charge in [0.15, 0.2) is 0 Å². The number of piperidine rings is 1. The predicted octanol–water partition coefficient (Wildman–Crippen LogP) is 2.08. The molecule has 1 fully saturated rings. The standard InChI is InChI=1S/C14H16N2O/c1-9-3-2-4-11-12(14(17)16-13(9)11)10-5-7-15-8-6-10/h2-4,15H,5-8H2,1H3,(H,16,17). The molecule has 1 aromatic rings. The molecule has 2 heterocycles. The fourth-order valence-electron chi connectivity index (χ4n) is 2.67. The van der Waals surface area contributed by atoms with E-state index in [0.29, 0.717) is 0 Å². The molecule has 0 atom stereocenters. The lowest BCUT2D eigenvalue weighted by molar-refractivity contribution is -0.110. The second kappa shape index (κ2) is 4.00. The Labute approximate surface area is 101 Å². The molecular weight excluding hydrogens is 212 g/mol. The van der Waals surface area contributed by atoms with E-state index in [1.165, 1.54) is 5.57 Å². The average Bonchev–Trinajstić information content (AvgIpc) is 2.68. The van der Waals surface area contributed by atoms with Crippen molar-refractivity contribution in [3.8, 4) is 0 Å². The van der Waals surface area contributed by atoms with Crippen LogP contribution in [0.4, 0.5) is 5.69 Å². The van der Waals surface area contributed by atoms with Crippen LogP contribution in [0, 0.1) is 6.92 Å². The van der Waals surface area contributed by atoms with Gasteiger partial charge in [-0.3, -0.25) is 4.79 Å². The van der Waals surface area contributed by atoms with Crippen LogP contribution in [0.15, 0.2) is 23.8 Å². The number of benzene rings is 1. The van der Waals surface area contributed by atoms with Gasteiger partial charge in [-0.15, -0.1) is 0 Å². The molecule has 0 radical (unpaired) electrons. The van der Waals surface area contributed by atoms with Crippen LogP contribution in [-0.2, 0) is 4.79 Å². The number of carbonyl (C=O) groups excluding carboxylic acids is 1. The number of nitrogens with one attached hydrogen (secondary N) is 2. The molecule has 17 heavy (non-hydrogen) atoms. The van der Waals surface area contributed by atoms with Gasteiger partial charge in [0, 0.05) is 11.1 Å². The average molecular weight is 228 g/mol. The molecule has 0 saturated carbocycles. The van der Waals surface area contributed by atoms with E-state index in [4.69, 9.17) is 0 Å². The Morgan fingerprint density at radius 2 is 1.94 bits per heavy atom. The molecule has 2 aliphatic rings. The zero-order valence-corrected chi connectivity index (χ0v) is 9.97. The fourth-order valence-corrected chi connectivity index (χ4v) is 2.67. The molecule has 0 bridgehead atoms. The highest BCUT2D eigenvalue weighted by Gasteiger charge is 2.28. The lowest BCUT2D eigenvalue weighted by Crippen LogP contribution is -2.24. The number of para-hydroxylation sites is 1. The first kappa shape index (κ1) is 10.5. The first-order valence-corrected chi connectivity index (χ1v) is 6.11. The van der Waals surface area contributed by atoms with Crippen LogP contribution in [0.2, 0.25) is 0 Å². The van der Waals surface area contributed by atoms with Crippen LogP contribution < -0.4 is 10.6 Å². The molecule has 2 aliphatic heterocycles. The van der Waals surface area contributed by atoms with E-state index in [2.05, 4.69) is 10.6 Å². The number of anilines is 1. The minimum atomic E-state index is 0.0752. The van der Waals surface area contributed by atoms with E-state index in [1.807, 2.05) is 25.1 Å². The van der Waals surface area contributed by atoms with Crippen LogP contribution in [0.3, 0.4) is 0 Å². The van der Waals surface area contributed by atoms with Crippen molar-refractivity contribution in [3.63, 3.8) is 0 Å². The summed E-state index contributed by atoms with van der Waals surface area (Å²) in [7, 11) is 0. The summed E-state index contributed by atoms with van der Waals surface area (Å²) in [5.41, 5.74) is 5.45. The van der Waals surface area contributed by atoms with Gasteiger partial charge in [0.25, 0.3) is 5.91 Å². The third kappa shape index (κ3) is 1.67. The third-order valence-corrected chi connectivity index (χ3v) is 3.57. The molecule has 0 unspecified atom stereocenters. The number of hydrogen-bond acceptors (Lipinski definition) is 2. The van der Waals surface area contributed by atoms with Gasteiger partial charge in [-0.25, -0.2) is 0 Å². The molecule has 1 aromatic carbocycles. The summed E-state index contributed by atoms with van der Waals surface area (Å²) < 4.78 is 0. The summed E-state index contributed by atoms with van der Waals surface area (Å²) in [6.07, 6.45) is 1.96. The zero-order valence-electron chi connectivity index (χ0n) is 9.97. The SMILES string of the molecule is Cc1cccc2c1NC(=O)C2=C1CCNCC1. The van der Waals surface area contributed by atoms with Crippen molar-refractivity contribution in [2.75, 3.05) is 18.4 Å². The van der Waals surface area contributed by atoms with Crippen molar-refractivity contribution < 1.29 is 4.79 Å². The van der Waals surface area contributed by atoms with E-state index in [-0.39, 0.29) is 5.91 Å². The second-order valence-corrected chi connectivity index (χ2v) is 4.68. The Morgan fingerprint density at radius 3 is 2.71 bits per heavy atom. The van der Waals surface area contributed by atoms with Crippen molar-refractivity contribution in [1.82, 2.24) is 5.32 Å². The summed E-state index contributed by atoms with van der Waals surface area (Å²) in [5.74, 6) is 0.0752. The number of amides is 1. The summed E-state index contributed by atoms with van der Waals surface area (Å²) in [6, 6.07) is 6.11. The van der Waals surface area contributed by atoms with E-state index >= 15 is 0 Å². The summed E-state index contributed by atoms with van der Waals surface area (Å²) in [4.78, 5) is 12.1. The molecule has 3 rings (SSSR count). The largest absolute Gasteiger partial charge is 0.321 e. The van der Waals surface area contributed by atoms with Gasteiger partial charge < -0.3 is 10.6 Å². The molecule has 3 heteroatoms. The van der Waals surface area contributed by atoms with Gasteiger partial charge in [-0.2, -0.15) is 0 Å². The van der Waals surface area contributed by atoms with E-state index < -0.39 is 0 Å². The topological polar surface area (TPSA) is 41.1 Å². The molecule has 88 valence electrons. The number of hydrogen-bond donors (Lipinski definition) is 2. The van der Waals surface area contributed by atoms with Crippen molar-refractivity contribution in [2.45, 2.75) is 19.8 Å². The smallest absolute Gasteiger partial charge is 0.256 e. The van der Waals surface area contributed by atoms with Crippen molar-refractivity contribution in [2.24, 2.45) is 0 Å². The maximum Gasteiger partial charge on any atom is 0.256 e. The number of fused-ring (bicyclic) bond motifs is 1. The van der Waals surface area contributed by atoms with E-state index in [0.717, 1.165) is 48.3 Å². The second-order valence-electron chi connectivity index (χ2n) is 4.68. The van der Waals surface area contributed by atoms with Gasteiger partial charge in [0.2, 0.25) is 0 Å². The molecule has 0 aromatic heterocycles. The van der Waals surface area contributed by atoms with Crippen LogP contribution in [0.1, 0.15) is 24.0 Å². The van der Waals surface area contributed by atoms with Gasteiger partial charge in [0.05, 0.1) is 5.69 Å². The Kier molecular flexibility index (Phi) is 2.48. The maximum absolute atomic E-state index is 12.1. The van der Waals surface area contributed by atoms with Gasteiger partial charge in [-0.05, 0) is 38.4 Å². The first-order chi connectivity index (χ1) is 8.27. The number of aryl methyl sites for hydroxylation is 1. The van der Waals surface area contributed by atoms with E-state index in [9.17, 15) is 4.79 Å². The molecule has 3 nitrogen and oxygen atoms in total. The Morgan fingerprint density at radius 1 is 1.18 bits per heavy atom. The van der Waals surface area contributed by atoms with Gasteiger partial charge in [-0.1, -0.05) is 23.8 Å². The maximum atomic E-state index is 12.1. The highest BCUT2D eigenvalue weighted by atomic mass is 16.2. The van der Waals surface area contributed by atoms with Gasteiger partial charge >= 0.3 is 0 Å². The monoisotopic (exact) mass is 228 g/mol. The Hall–Kier alpha value is -1.61. The van der Waals surface area contributed by atoms with Crippen LogP contribution in [-0.4, -0.2) is 19.0 Å². The van der Waals surface area contributed by atoms with Crippen molar-refractivity contribution in [3.05, 3.63) is 34.9 Å². The predicted molar refractivity (Wildman–Crippen MR) is 68.8 cm³/mol. The molecule has 1 amide bonds. The van der Waals surface area contributed by atoms with Crippen LogP contribution in [0.25, 0.3) is 5.57 Å². The normalized spacial score (nSPS) is 19.2. The first-order valence-electron chi connectivity index (χ1n) is 6.11. The van der Waals surface area contributed by atoms with Crippen molar-refractivity contribution >= 4 is 17.2 Å². The molecular formula is C14H16N2O. The zero-order chi connectivity index (χ0) is 11.8. The third-order valence-electron chi connectivity index (χ3n) is 3.57. The highest BCUT2D eigenvalue weighted by molar-refractivity contribution is 6.32. The quantitative estimate of drug-likeness (QED) is 0.667. The lowest BCUT2D eigenvalue weighted by atomic mass is 9.94. The van der Waals surface area contributed by atoms with Crippen LogP contribution in [0.5, 0.6) is 0 Å².